The fourth-order valence-corrected chi connectivity index (χ4v) is 5.39. The van der Waals surface area contributed by atoms with Crippen molar-refractivity contribution in [3.8, 4) is 33.2 Å². The van der Waals surface area contributed by atoms with Crippen LogP contribution < -0.4 is 4.74 Å². The Balaban J connectivity index is 1.27. The van der Waals surface area contributed by atoms with Crippen molar-refractivity contribution in [2.45, 2.75) is 25.8 Å². The van der Waals surface area contributed by atoms with Gasteiger partial charge in [0, 0.05) is 54.5 Å². The Morgan fingerprint density at radius 3 is 2.42 bits per heavy atom. The molecule has 1 aliphatic rings. The van der Waals surface area contributed by atoms with Gasteiger partial charge in [0.2, 0.25) is 5.91 Å². The van der Waals surface area contributed by atoms with E-state index in [1.807, 2.05) is 72.5 Å². The second-order valence-electron chi connectivity index (χ2n) is 9.29. The average molecular weight is 520 g/mol. The number of aryl methyl sites for hydroxylation is 1. The summed E-state index contributed by atoms with van der Waals surface area (Å²) in [6.45, 7) is 3.11. The van der Waals surface area contributed by atoms with Crippen LogP contribution in [0.1, 0.15) is 28.5 Å². The van der Waals surface area contributed by atoms with Crippen molar-refractivity contribution in [3.05, 3.63) is 108 Å². The molecule has 0 aliphatic carbocycles. The monoisotopic (exact) mass is 519 g/mol. The van der Waals surface area contributed by atoms with E-state index < -0.39 is 0 Å². The van der Waals surface area contributed by atoms with Gasteiger partial charge in [-0.3, -0.25) is 4.79 Å². The van der Waals surface area contributed by atoms with E-state index in [4.69, 9.17) is 4.74 Å². The summed E-state index contributed by atoms with van der Waals surface area (Å²) in [5.74, 6) is 1.75. The molecule has 2 aromatic heterocycles. The Bertz CT molecular complexity index is 1560. The summed E-state index contributed by atoms with van der Waals surface area (Å²) in [5.41, 5.74) is 4.97. The number of carbonyl (C=O) groups is 1. The van der Waals surface area contributed by atoms with Crippen LogP contribution in [-0.2, 0) is 11.3 Å². The van der Waals surface area contributed by atoms with Crippen LogP contribution in [0.5, 0.6) is 11.5 Å². The SMILES string of the molecule is Cc1nnc(-c2ccc(Oc3cc(-c4cncnc4)ccc3CN3CC(c4ccccc4)CC3=O)cc2)s1. The summed E-state index contributed by atoms with van der Waals surface area (Å²) in [5, 5.41) is 10.1. The molecule has 3 heterocycles. The highest BCUT2D eigenvalue weighted by molar-refractivity contribution is 7.14. The van der Waals surface area contributed by atoms with Crippen LogP contribution in [0.4, 0.5) is 0 Å². The zero-order valence-corrected chi connectivity index (χ0v) is 21.6. The molecule has 1 aliphatic heterocycles. The summed E-state index contributed by atoms with van der Waals surface area (Å²) in [7, 11) is 0. The maximum Gasteiger partial charge on any atom is 0.223 e. The molecule has 1 unspecified atom stereocenters. The summed E-state index contributed by atoms with van der Waals surface area (Å²) >= 11 is 1.56. The van der Waals surface area contributed by atoms with Crippen molar-refractivity contribution < 1.29 is 9.53 Å². The Hall–Kier alpha value is -4.43. The lowest BCUT2D eigenvalue weighted by atomic mass is 9.98. The van der Waals surface area contributed by atoms with E-state index in [0.29, 0.717) is 31.0 Å². The summed E-state index contributed by atoms with van der Waals surface area (Å²) in [6.07, 6.45) is 5.59. The van der Waals surface area contributed by atoms with E-state index in [1.54, 1.807) is 23.7 Å². The van der Waals surface area contributed by atoms with Gasteiger partial charge in [-0.25, -0.2) is 9.97 Å². The fraction of sp³-hybridized carbons (Fsp3) is 0.167. The number of benzene rings is 3. The minimum atomic E-state index is 0.155. The van der Waals surface area contributed by atoms with Crippen LogP contribution in [0.25, 0.3) is 21.7 Å². The van der Waals surface area contributed by atoms with Crippen LogP contribution >= 0.6 is 11.3 Å². The van der Waals surface area contributed by atoms with Crippen molar-refractivity contribution in [1.29, 1.82) is 0 Å². The third kappa shape index (κ3) is 5.17. The lowest BCUT2D eigenvalue weighted by molar-refractivity contribution is -0.128. The number of ether oxygens (including phenoxy) is 1. The molecule has 5 aromatic rings. The Morgan fingerprint density at radius 1 is 0.921 bits per heavy atom. The van der Waals surface area contributed by atoms with Gasteiger partial charge in [0.05, 0.1) is 0 Å². The minimum Gasteiger partial charge on any atom is -0.457 e. The van der Waals surface area contributed by atoms with Crippen molar-refractivity contribution in [2.24, 2.45) is 0 Å². The molecule has 0 N–H and O–H groups in total. The molecule has 38 heavy (non-hydrogen) atoms. The largest absolute Gasteiger partial charge is 0.457 e. The first-order valence-corrected chi connectivity index (χ1v) is 13.2. The van der Waals surface area contributed by atoms with Gasteiger partial charge in [-0.1, -0.05) is 53.8 Å². The number of rotatable bonds is 7. The van der Waals surface area contributed by atoms with Gasteiger partial charge in [0.1, 0.15) is 27.8 Å². The van der Waals surface area contributed by atoms with Gasteiger partial charge >= 0.3 is 0 Å². The molecule has 1 atom stereocenters. The molecular formula is C30H25N5O2S. The fourth-order valence-electron chi connectivity index (χ4n) is 4.69. The van der Waals surface area contributed by atoms with Gasteiger partial charge < -0.3 is 9.64 Å². The molecule has 8 heteroatoms. The Morgan fingerprint density at radius 2 is 1.68 bits per heavy atom. The van der Waals surface area contributed by atoms with Crippen molar-refractivity contribution in [2.75, 3.05) is 6.54 Å². The number of hydrogen-bond acceptors (Lipinski definition) is 7. The first kappa shape index (κ1) is 23.9. The zero-order chi connectivity index (χ0) is 25.9. The van der Waals surface area contributed by atoms with E-state index in [9.17, 15) is 4.79 Å². The predicted octanol–water partition coefficient (Wildman–Crippen LogP) is 6.28. The predicted molar refractivity (Wildman–Crippen MR) is 147 cm³/mol. The molecular weight excluding hydrogens is 494 g/mol. The molecule has 0 saturated carbocycles. The number of carbonyl (C=O) groups excluding carboxylic acids is 1. The molecule has 7 nitrogen and oxygen atoms in total. The van der Waals surface area contributed by atoms with Gasteiger partial charge in [0.15, 0.2) is 0 Å². The molecule has 1 fully saturated rings. The first-order chi connectivity index (χ1) is 18.6. The van der Waals surface area contributed by atoms with Gasteiger partial charge in [0.25, 0.3) is 0 Å². The smallest absolute Gasteiger partial charge is 0.223 e. The quantitative estimate of drug-likeness (QED) is 0.252. The summed E-state index contributed by atoms with van der Waals surface area (Å²) in [6, 6.07) is 24.1. The zero-order valence-electron chi connectivity index (χ0n) is 20.8. The molecule has 0 spiro atoms. The molecule has 0 radical (unpaired) electrons. The van der Waals surface area contributed by atoms with Gasteiger partial charge in [-0.2, -0.15) is 0 Å². The summed E-state index contributed by atoms with van der Waals surface area (Å²) < 4.78 is 6.41. The molecule has 3 aromatic carbocycles. The standard InChI is InChI=1S/C30H25N5O2S/c1-20-33-34-30(38-20)22-9-11-27(12-10-22)37-28-13-23(26-15-31-19-32-16-26)7-8-24(28)17-35-18-25(14-29(35)36)21-5-3-2-4-6-21/h2-13,15-16,19,25H,14,17-18H2,1H3. The van der Waals surface area contributed by atoms with Crippen molar-refractivity contribution in [1.82, 2.24) is 25.1 Å². The molecule has 1 saturated heterocycles. The number of likely N-dealkylation sites (tertiary alicyclic amines) is 1. The van der Waals surface area contributed by atoms with E-state index >= 15 is 0 Å². The Kier molecular flexibility index (Phi) is 6.62. The lowest BCUT2D eigenvalue weighted by Gasteiger charge is -2.20. The van der Waals surface area contributed by atoms with Gasteiger partial charge in [-0.05, 0) is 48.4 Å². The van der Waals surface area contributed by atoms with Crippen molar-refractivity contribution in [3.63, 3.8) is 0 Å². The van der Waals surface area contributed by atoms with E-state index in [1.165, 1.54) is 11.9 Å². The third-order valence-corrected chi connectivity index (χ3v) is 7.55. The normalized spacial score (nSPS) is 15.1. The number of amides is 1. The van der Waals surface area contributed by atoms with Crippen LogP contribution in [0.15, 0.2) is 91.5 Å². The van der Waals surface area contributed by atoms with Crippen LogP contribution in [0, 0.1) is 6.92 Å². The second kappa shape index (κ2) is 10.5. The molecule has 188 valence electrons. The minimum absolute atomic E-state index is 0.155. The third-order valence-electron chi connectivity index (χ3n) is 6.66. The second-order valence-corrected chi connectivity index (χ2v) is 10.5. The van der Waals surface area contributed by atoms with Crippen LogP contribution in [0.2, 0.25) is 0 Å². The molecule has 6 rings (SSSR count). The Labute approximate surface area is 224 Å². The van der Waals surface area contributed by atoms with E-state index in [-0.39, 0.29) is 11.8 Å². The summed E-state index contributed by atoms with van der Waals surface area (Å²) in [4.78, 5) is 23.2. The van der Waals surface area contributed by atoms with Crippen molar-refractivity contribution >= 4 is 17.2 Å². The lowest BCUT2D eigenvalue weighted by Crippen LogP contribution is -2.24. The first-order valence-electron chi connectivity index (χ1n) is 12.4. The maximum absolute atomic E-state index is 13.0. The molecule has 0 bridgehead atoms. The highest BCUT2D eigenvalue weighted by Crippen LogP contribution is 2.35. The molecule has 1 amide bonds. The number of nitrogens with zero attached hydrogens (tertiary/aromatic N) is 5. The van der Waals surface area contributed by atoms with E-state index in [2.05, 4.69) is 32.3 Å². The van der Waals surface area contributed by atoms with Crippen LogP contribution in [-0.4, -0.2) is 37.5 Å². The van der Waals surface area contributed by atoms with Gasteiger partial charge in [-0.15, -0.1) is 10.2 Å². The number of hydrogen-bond donors (Lipinski definition) is 0. The highest BCUT2D eigenvalue weighted by Gasteiger charge is 2.31. The van der Waals surface area contributed by atoms with E-state index in [0.717, 1.165) is 32.3 Å². The van der Waals surface area contributed by atoms with Crippen LogP contribution in [0.3, 0.4) is 0 Å². The maximum atomic E-state index is 13.0. The highest BCUT2D eigenvalue weighted by atomic mass is 32.1. The number of aromatic nitrogens is 4. The topological polar surface area (TPSA) is 81.1 Å². The average Bonchev–Trinajstić information content (AvgIpc) is 3.56.